The molecule has 1 aromatic heterocycles. The summed E-state index contributed by atoms with van der Waals surface area (Å²) in [6.45, 7) is 0. The van der Waals surface area contributed by atoms with Gasteiger partial charge < -0.3 is 10.6 Å². The quantitative estimate of drug-likeness (QED) is 0.855. The van der Waals surface area contributed by atoms with Crippen LogP contribution in [0.1, 0.15) is 19.3 Å². The standard InChI is InChI=1S/C10H13BrN4/c11-9-4-13-10(5-12-9)15-8-3-6-1-2-7(8)14-6/h4-8,14H,1-3H2,(H,13,15). The summed E-state index contributed by atoms with van der Waals surface area (Å²) < 4.78 is 0.777. The zero-order valence-corrected chi connectivity index (χ0v) is 9.87. The summed E-state index contributed by atoms with van der Waals surface area (Å²) in [6.07, 6.45) is 7.32. The Morgan fingerprint density at radius 3 is 2.87 bits per heavy atom. The predicted octanol–water partition coefficient (Wildman–Crippen LogP) is 1.54. The number of halogens is 1. The minimum atomic E-state index is 0.527. The molecule has 4 nitrogen and oxygen atoms in total. The van der Waals surface area contributed by atoms with Crippen molar-refractivity contribution in [1.29, 1.82) is 0 Å². The second-order valence-corrected chi connectivity index (χ2v) is 5.07. The van der Waals surface area contributed by atoms with Crippen LogP contribution in [0, 0.1) is 0 Å². The van der Waals surface area contributed by atoms with E-state index in [1.165, 1.54) is 19.3 Å². The van der Waals surface area contributed by atoms with Crippen molar-refractivity contribution in [2.75, 3.05) is 5.32 Å². The van der Waals surface area contributed by atoms with Gasteiger partial charge in [0.2, 0.25) is 0 Å². The third-order valence-corrected chi connectivity index (χ3v) is 3.66. The molecule has 3 heterocycles. The highest BCUT2D eigenvalue weighted by Gasteiger charge is 2.38. The molecule has 2 aliphatic rings. The van der Waals surface area contributed by atoms with Crippen LogP contribution in [0.5, 0.6) is 0 Å². The van der Waals surface area contributed by atoms with Crippen molar-refractivity contribution in [3.8, 4) is 0 Å². The Labute approximate surface area is 97.0 Å². The lowest BCUT2D eigenvalue weighted by Gasteiger charge is -2.21. The smallest absolute Gasteiger partial charge is 0.144 e. The van der Waals surface area contributed by atoms with E-state index in [4.69, 9.17) is 0 Å². The largest absolute Gasteiger partial charge is 0.364 e. The number of nitrogens with one attached hydrogen (secondary N) is 2. The highest BCUT2D eigenvalue weighted by Crippen LogP contribution is 2.29. The first-order valence-electron chi connectivity index (χ1n) is 5.31. The molecule has 0 aliphatic carbocycles. The van der Waals surface area contributed by atoms with Crippen LogP contribution in [0.2, 0.25) is 0 Å². The molecular formula is C10H13BrN4. The number of hydrogen-bond acceptors (Lipinski definition) is 4. The Bertz CT molecular complexity index is 353. The maximum atomic E-state index is 4.28. The van der Waals surface area contributed by atoms with E-state index in [1.807, 2.05) is 0 Å². The highest BCUT2D eigenvalue weighted by atomic mass is 79.9. The van der Waals surface area contributed by atoms with Crippen LogP contribution in [-0.4, -0.2) is 28.1 Å². The fraction of sp³-hybridized carbons (Fsp3) is 0.600. The van der Waals surface area contributed by atoms with Gasteiger partial charge in [-0.25, -0.2) is 9.97 Å². The molecule has 2 N–H and O–H groups in total. The third kappa shape index (κ3) is 1.86. The van der Waals surface area contributed by atoms with Gasteiger partial charge in [0, 0.05) is 18.1 Å². The van der Waals surface area contributed by atoms with Crippen molar-refractivity contribution >= 4 is 21.7 Å². The average molecular weight is 269 g/mol. The molecule has 0 saturated carbocycles. The maximum Gasteiger partial charge on any atom is 0.144 e. The molecule has 0 amide bonds. The molecule has 15 heavy (non-hydrogen) atoms. The lowest BCUT2D eigenvalue weighted by atomic mass is 9.95. The van der Waals surface area contributed by atoms with Crippen LogP contribution in [-0.2, 0) is 0 Å². The second kappa shape index (κ2) is 3.72. The Balaban J connectivity index is 1.68. The lowest BCUT2D eigenvalue weighted by molar-refractivity contribution is 0.526. The Kier molecular flexibility index (Phi) is 2.36. The van der Waals surface area contributed by atoms with E-state index in [-0.39, 0.29) is 0 Å². The summed E-state index contributed by atoms with van der Waals surface area (Å²) in [5.41, 5.74) is 0. The normalized spacial score (nSPS) is 33.3. The average Bonchev–Trinajstić information content (AvgIpc) is 2.83. The molecule has 2 fully saturated rings. The van der Waals surface area contributed by atoms with Gasteiger partial charge in [0.1, 0.15) is 10.4 Å². The van der Waals surface area contributed by atoms with Gasteiger partial charge in [-0.05, 0) is 35.2 Å². The van der Waals surface area contributed by atoms with Crippen molar-refractivity contribution in [3.63, 3.8) is 0 Å². The molecule has 80 valence electrons. The van der Waals surface area contributed by atoms with E-state index in [0.29, 0.717) is 12.1 Å². The molecule has 0 radical (unpaired) electrons. The first-order chi connectivity index (χ1) is 7.31. The van der Waals surface area contributed by atoms with Crippen LogP contribution in [0.3, 0.4) is 0 Å². The van der Waals surface area contributed by atoms with E-state index < -0.39 is 0 Å². The van der Waals surface area contributed by atoms with E-state index in [1.54, 1.807) is 12.4 Å². The van der Waals surface area contributed by atoms with Gasteiger partial charge in [-0.1, -0.05) is 0 Å². The minimum absolute atomic E-state index is 0.527. The first-order valence-corrected chi connectivity index (χ1v) is 6.11. The van der Waals surface area contributed by atoms with Crippen molar-refractivity contribution in [2.24, 2.45) is 0 Å². The SMILES string of the molecule is Brc1cnc(NC2CC3CCC2N3)cn1. The third-order valence-electron chi connectivity index (χ3n) is 3.25. The van der Waals surface area contributed by atoms with E-state index in [9.17, 15) is 0 Å². The van der Waals surface area contributed by atoms with Crippen LogP contribution < -0.4 is 10.6 Å². The highest BCUT2D eigenvalue weighted by molar-refractivity contribution is 9.10. The molecule has 2 bridgehead atoms. The van der Waals surface area contributed by atoms with Gasteiger partial charge in [-0.15, -0.1) is 0 Å². The number of rotatable bonds is 2. The molecule has 0 aromatic carbocycles. The van der Waals surface area contributed by atoms with Crippen LogP contribution >= 0.6 is 15.9 Å². The summed E-state index contributed by atoms with van der Waals surface area (Å²) in [5.74, 6) is 0.873. The fourth-order valence-corrected chi connectivity index (χ4v) is 2.77. The van der Waals surface area contributed by atoms with Crippen LogP contribution in [0.15, 0.2) is 17.0 Å². The summed E-state index contributed by atoms with van der Waals surface area (Å²) in [5, 5.41) is 7.03. The zero-order chi connectivity index (χ0) is 10.3. The van der Waals surface area contributed by atoms with Gasteiger partial charge >= 0.3 is 0 Å². The van der Waals surface area contributed by atoms with Crippen LogP contribution in [0.25, 0.3) is 0 Å². The number of aromatic nitrogens is 2. The monoisotopic (exact) mass is 268 g/mol. The van der Waals surface area contributed by atoms with Gasteiger partial charge in [-0.3, -0.25) is 0 Å². The molecule has 1 aromatic rings. The van der Waals surface area contributed by atoms with Crippen molar-refractivity contribution in [2.45, 2.75) is 37.4 Å². The zero-order valence-electron chi connectivity index (χ0n) is 8.28. The predicted molar refractivity (Wildman–Crippen MR) is 61.7 cm³/mol. The van der Waals surface area contributed by atoms with Crippen LogP contribution in [0.4, 0.5) is 5.82 Å². The molecule has 0 spiro atoms. The second-order valence-electron chi connectivity index (χ2n) is 4.26. The number of nitrogens with zero attached hydrogens (tertiary/aromatic N) is 2. The van der Waals surface area contributed by atoms with Gasteiger partial charge in [-0.2, -0.15) is 0 Å². The van der Waals surface area contributed by atoms with E-state index >= 15 is 0 Å². The topological polar surface area (TPSA) is 49.8 Å². The minimum Gasteiger partial charge on any atom is -0.364 e. The van der Waals surface area contributed by atoms with Gasteiger partial charge in [0.15, 0.2) is 0 Å². The first kappa shape index (κ1) is 9.54. The summed E-state index contributed by atoms with van der Waals surface area (Å²) in [6, 6.07) is 1.87. The maximum absolute atomic E-state index is 4.28. The van der Waals surface area contributed by atoms with Crippen molar-refractivity contribution in [3.05, 3.63) is 17.0 Å². The van der Waals surface area contributed by atoms with Gasteiger partial charge in [0.05, 0.1) is 12.4 Å². The van der Waals surface area contributed by atoms with E-state index in [0.717, 1.165) is 16.5 Å². The Morgan fingerprint density at radius 2 is 2.27 bits per heavy atom. The Morgan fingerprint density at radius 1 is 1.33 bits per heavy atom. The lowest BCUT2D eigenvalue weighted by Crippen LogP contribution is -2.33. The summed E-state index contributed by atoms with van der Waals surface area (Å²) >= 11 is 3.28. The Hall–Kier alpha value is -0.680. The summed E-state index contributed by atoms with van der Waals surface area (Å²) in [4.78, 5) is 8.43. The number of hydrogen-bond donors (Lipinski definition) is 2. The molecule has 3 unspecified atom stereocenters. The number of anilines is 1. The molecule has 2 saturated heterocycles. The number of fused-ring (bicyclic) bond motifs is 2. The molecule has 2 aliphatic heterocycles. The summed E-state index contributed by atoms with van der Waals surface area (Å²) in [7, 11) is 0. The molecule has 3 atom stereocenters. The van der Waals surface area contributed by atoms with E-state index in [2.05, 4.69) is 36.5 Å². The molecule has 3 rings (SSSR count). The fourth-order valence-electron chi connectivity index (χ4n) is 2.56. The van der Waals surface area contributed by atoms with Crippen molar-refractivity contribution in [1.82, 2.24) is 15.3 Å². The van der Waals surface area contributed by atoms with Gasteiger partial charge in [0.25, 0.3) is 0 Å². The molecule has 5 heteroatoms. The van der Waals surface area contributed by atoms with Crippen molar-refractivity contribution < 1.29 is 0 Å². The molecular weight excluding hydrogens is 256 g/mol.